The van der Waals surface area contributed by atoms with Gasteiger partial charge < -0.3 is 19.7 Å². The first-order valence-corrected chi connectivity index (χ1v) is 9.55. The summed E-state index contributed by atoms with van der Waals surface area (Å²) in [6, 6.07) is 12.9. The van der Waals surface area contributed by atoms with E-state index in [1.54, 1.807) is 25.2 Å². The van der Waals surface area contributed by atoms with E-state index in [2.05, 4.69) is 5.32 Å². The lowest BCUT2D eigenvalue weighted by Crippen LogP contribution is -2.43. The lowest BCUT2D eigenvalue weighted by atomic mass is 10.1. The van der Waals surface area contributed by atoms with Crippen molar-refractivity contribution >= 4 is 29.3 Å². The van der Waals surface area contributed by atoms with E-state index in [0.29, 0.717) is 17.3 Å². The van der Waals surface area contributed by atoms with E-state index >= 15 is 0 Å². The number of nitrogens with zero attached hydrogens (tertiary/aromatic N) is 1. The van der Waals surface area contributed by atoms with Crippen LogP contribution in [0.3, 0.4) is 0 Å². The van der Waals surface area contributed by atoms with Gasteiger partial charge in [-0.2, -0.15) is 0 Å². The van der Waals surface area contributed by atoms with Gasteiger partial charge in [0.05, 0.1) is 31.7 Å². The lowest BCUT2D eigenvalue weighted by Gasteiger charge is -2.28. The van der Waals surface area contributed by atoms with Crippen molar-refractivity contribution in [1.29, 1.82) is 0 Å². The summed E-state index contributed by atoms with van der Waals surface area (Å²) in [4.78, 5) is 27.4. The number of carbonyl (C=O) groups is 2. The number of hydrogen-bond acceptors (Lipinski definition) is 5. The molecule has 3 rings (SSSR count). The molecule has 1 aliphatic heterocycles. The van der Waals surface area contributed by atoms with Crippen LogP contribution in [0.1, 0.15) is 18.5 Å². The summed E-state index contributed by atoms with van der Waals surface area (Å²) in [7, 11) is 3.15. The molecule has 142 valence electrons. The summed E-state index contributed by atoms with van der Waals surface area (Å²) in [5.74, 6) is 1.30. The summed E-state index contributed by atoms with van der Waals surface area (Å²) in [5, 5.41) is 2.95. The lowest BCUT2D eigenvalue weighted by molar-refractivity contribution is -0.123. The third-order valence-electron chi connectivity index (χ3n) is 4.40. The van der Waals surface area contributed by atoms with Gasteiger partial charge in [-0.15, -0.1) is 11.8 Å². The zero-order valence-corrected chi connectivity index (χ0v) is 16.3. The van der Waals surface area contributed by atoms with Crippen molar-refractivity contribution in [2.24, 2.45) is 0 Å². The number of benzene rings is 2. The highest BCUT2D eigenvalue weighted by Gasteiger charge is 2.26. The molecule has 1 N–H and O–H groups in total. The maximum Gasteiger partial charge on any atom is 0.240 e. The number of nitrogens with one attached hydrogen (secondary N) is 1. The van der Waals surface area contributed by atoms with E-state index in [9.17, 15) is 9.59 Å². The van der Waals surface area contributed by atoms with Gasteiger partial charge in [-0.1, -0.05) is 18.2 Å². The fourth-order valence-corrected chi connectivity index (χ4v) is 3.90. The Bertz CT molecular complexity index is 856. The molecule has 0 spiro atoms. The fraction of sp³-hybridized carbons (Fsp3) is 0.300. The van der Waals surface area contributed by atoms with Gasteiger partial charge in [-0.25, -0.2) is 0 Å². The van der Waals surface area contributed by atoms with Crippen molar-refractivity contribution in [3.8, 4) is 11.5 Å². The highest BCUT2D eigenvalue weighted by molar-refractivity contribution is 8.00. The monoisotopic (exact) mass is 386 g/mol. The van der Waals surface area contributed by atoms with E-state index in [-0.39, 0.29) is 24.4 Å². The summed E-state index contributed by atoms with van der Waals surface area (Å²) >= 11 is 1.50. The second kappa shape index (κ2) is 8.35. The molecule has 0 bridgehead atoms. The van der Waals surface area contributed by atoms with Crippen molar-refractivity contribution in [3.63, 3.8) is 0 Å². The van der Waals surface area contributed by atoms with Crippen molar-refractivity contribution in [3.05, 3.63) is 48.0 Å². The van der Waals surface area contributed by atoms with Gasteiger partial charge in [0.1, 0.15) is 6.54 Å². The van der Waals surface area contributed by atoms with Gasteiger partial charge in [0.2, 0.25) is 11.8 Å². The number of methoxy groups -OCH3 is 2. The molecule has 27 heavy (non-hydrogen) atoms. The van der Waals surface area contributed by atoms with Gasteiger partial charge in [0, 0.05) is 4.90 Å². The highest BCUT2D eigenvalue weighted by atomic mass is 32.2. The Morgan fingerprint density at radius 1 is 1.19 bits per heavy atom. The molecule has 0 saturated heterocycles. The number of carbonyl (C=O) groups excluding carboxylic acids is 2. The molecular formula is C20H22N2O4S. The number of para-hydroxylation sites is 1. The molecule has 0 aromatic heterocycles. The predicted molar refractivity (Wildman–Crippen MR) is 106 cm³/mol. The summed E-state index contributed by atoms with van der Waals surface area (Å²) in [5.41, 5.74) is 1.68. The van der Waals surface area contributed by atoms with Crippen molar-refractivity contribution in [2.75, 3.05) is 31.4 Å². The molecule has 1 heterocycles. The molecule has 7 heteroatoms. The first kappa shape index (κ1) is 19.1. The van der Waals surface area contributed by atoms with Crippen LogP contribution in [0.2, 0.25) is 0 Å². The van der Waals surface area contributed by atoms with Crippen LogP contribution in [0.4, 0.5) is 5.69 Å². The Morgan fingerprint density at radius 3 is 2.67 bits per heavy atom. The third-order valence-corrected chi connectivity index (χ3v) is 5.44. The maximum atomic E-state index is 12.6. The standard InChI is InChI=1S/C20H22N2O4S/c1-13(14-8-9-16(25-2)17(10-14)26-3)21-19(23)11-22-15-6-4-5-7-18(15)27-12-20(22)24/h4-10,13H,11-12H2,1-3H3,(H,21,23)/t13-/m1/s1. The van der Waals surface area contributed by atoms with Gasteiger partial charge in [-0.05, 0) is 36.8 Å². The largest absolute Gasteiger partial charge is 0.493 e. The zero-order valence-electron chi connectivity index (χ0n) is 15.5. The van der Waals surface area contributed by atoms with Gasteiger partial charge in [0.15, 0.2) is 11.5 Å². The molecule has 2 aromatic carbocycles. The average molecular weight is 386 g/mol. The number of rotatable bonds is 6. The summed E-state index contributed by atoms with van der Waals surface area (Å²) in [6.07, 6.45) is 0. The van der Waals surface area contributed by atoms with Crippen molar-refractivity contribution in [1.82, 2.24) is 5.32 Å². The normalized spacial score (nSPS) is 14.3. The van der Waals surface area contributed by atoms with Gasteiger partial charge >= 0.3 is 0 Å². The van der Waals surface area contributed by atoms with E-state index in [1.807, 2.05) is 43.3 Å². The van der Waals surface area contributed by atoms with Gasteiger partial charge in [0.25, 0.3) is 0 Å². The topological polar surface area (TPSA) is 67.9 Å². The molecular weight excluding hydrogens is 364 g/mol. The Labute approximate surface area is 162 Å². The SMILES string of the molecule is COc1ccc([C@@H](C)NC(=O)CN2C(=O)CSc3ccccc32)cc1OC. The van der Waals surface area contributed by atoms with Crippen molar-refractivity contribution < 1.29 is 19.1 Å². The van der Waals surface area contributed by atoms with Crippen LogP contribution >= 0.6 is 11.8 Å². The van der Waals surface area contributed by atoms with Gasteiger partial charge in [-0.3, -0.25) is 9.59 Å². The number of fused-ring (bicyclic) bond motifs is 1. The Kier molecular flexibility index (Phi) is 5.91. The minimum absolute atomic E-state index is 0.00592. The van der Waals surface area contributed by atoms with E-state index in [4.69, 9.17) is 9.47 Å². The quantitative estimate of drug-likeness (QED) is 0.827. The minimum Gasteiger partial charge on any atom is -0.493 e. The van der Waals surface area contributed by atoms with E-state index in [0.717, 1.165) is 16.1 Å². The summed E-state index contributed by atoms with van der Waals surface area (Å²) in [6.45, 7) is 1.88. The summed E-state index contributed by atoms with van der Waals surface area (Å²) < 4.78 is 10.6. The molecule has 1 aliphatic rings. The van der Waals surface area contributed by atoms with Crippen LogP contribution in [0, 0.1) is 0 Å². The van der Waals surface area contributed by atoms with Crippen LogP contribution in [0.25, 0.3) is 0 Å². The first-order chi connectivity index (χ1) is 13.0. The maximum absolute atomic E-state index is 12.6. The van der Waals surface area contributed by atoms with E-state index < -0.39 is 0 Å². The number of ether oxygens (including phenoxy) is 2. The Morgan fingerprint density at radius 2 is 1.93 bits per heavy atom. The second-order valence-electron chi connectivity index (χ2n) is 6.14. The molecule has 2 aromatic rings. The Balaban J connectivity index is 1.70. The molecule has 6 nitrogen and oxygen atoms in total. The molecule has 0 fully saturated rings. The first-order valence-electron chi connectivity index (χ1n) is 8.57. The number of amides is 2. The van der Waals surface area contributed by atoms with Crippen molar-refractivity contribution in [2.45, 2.75) is 17.9 Å². The fourth-order valence-electron chi connectivity index (χ4n) is 2.96. The van der Waals surface area contributed by atoms with Crippen LogP contribution in [-0.2, 0) is 9.59 Å². The third kappa shape index (κ3) is 4.19. The molecule has 0 saturated carbocycles. The van der Waals surface area contributed by atoms with Crippen LogP contribution in [0.15, 0.2) is 47.4 Å². The minimum atomic E-state index is -0.234. The second-order valence-corrected chi connectivity index (χ2v) is 7.16. The van der Waals surface area contributed by atoms with E-state index in [1.165, 1.54) is 11.8 Å². The molecule has 2 amide bonds. The zero-order chi connectivity index (χ0) is 19.4. The van der Waals surface area contributed by atoms with Crippen LogP contribution < -0.4 is 19.7 Å². The number of hydrogen-bond donors (Lipinski definition) is 1. The molecule has 0 unspecified atom stereocenters. The predicted octanol–water partition coefficient (Wildman–Crippen LogP) is 3.02. The van der Waals surface area contributed by atoms with Crippen LogP contribution in [0.5, 0.6) is 11.5 Å². The average Bonchev–Trinajstić information content (AvgIpc) is 2.69. The Hall–Kier alpha value is -2.67. The highest BCUT2D eigenvalue weighted by Crippen LogP contribution is 2.35. The molecule has 1 atom stereocenters. The molecule has 0 radical (unpaired) electrons. The number of thioether (sulfide) groups is 1. The number of anilines is 1. The van der Waals surface area contributed by atoms with Crippen LogP contribution in [-0.4, -0.2) is 38.3 Å². The smallest absolute Gasteiger partial charge is 0.240 e. The molecule has 0 aliphatic carbocycles.